The van der Waals surface area contributed by atoms with Gasteiger partial charge in [-0.2, -0.15) is 0 Å². The van der Waals surface area contributed by atoms with Crippen molar-refractivity contribution < 1.29 is 27.4 Å². The second-order valence-electron chi connectivity index (χ2n) is 6.84. The summed E-state index contributed by atoms with van der Waals surface area (Å²) in [6, 6.07) is 13.5. The molecule has 180 valence electrons. The van der Waals surface area contributed by atoms with Crippen molar-refractivity contribution in [3.63, 3.8) is 0 Å². The maximum absolute atomic E-state index is 13.0. The van der Waals surface area contributed by atoms with Crippen LogP contribution in [0.3, 0.4) is 0 Å². The highest BCUT2D eigenvalue weighted by molar-refractivity contribution is 7.98. The lowest BCUT2D eigenvalue weighted by molar-refractivity contribution is -0.274. The molecule has 0 bridgehead atoms. The van der Waals surface area contributed by atoms with Gasteiger partial charge in [-0.25, -0.2) is 14.6 Å². The second-order valence-corrected chi connectivity index (χ2v) is 7.79. The number of hydrogen-bond acceptors (Lipinski definition) is 8. The van der Waals surface area contributed by atoms with Crippen molar-refractivity contribution in [2.75, 3.05) is 12.4 Å². The molecule has 1 amide bonds. The summed E-state index contributed by atoms with van der Waals surface area (Å²) >= 11 is 1.25. The zero-order valence-electron chi connectivity index (χ0n) is 18.1. The lowest BCUT2D eigenvalue weighted by Gasteiger charge is -2.11. The van der Waals surface area contributed by atoms with Gasteiger partial charge in [0.2, 0.25) is 0 Å². The second kappa shape index (κ2) is 10.4. The van der Waals surface area contributed by atoms with Crippen LogP contribution in [0.25, 0.3) is 5.69 Å². The maximum Gasteiger partial charge on any atom is 0.573 e. The van der Waals surface area contributed by atoms with Gasteiger partial charge < -0.3 is 14.8 Å². The number of nitrogens with one attached hydrogen (secondary N) is 1. The standard InChI is InChI=1S/C22H17F3N6O3S/c1-33-17-5-2-4-14(12-17)28-20(32)19-18(13-35-21-26-10-3-11-27-21)31(30-29-19)15-6-8-16(9-7-15)34-22(23,24)25/h2-12H,13H2,1H3,(H,28,32). The molecule has 9 nitrogen and oxygen atoms in total. The summed E-state index contributed by atoms with van der Waals surface area (Å²) in [6.07, 6.45) is -1.64. The number of halogens is 3. The molecule has 2 aromatic heterocycles. The molecule has 0 unspecified atom stereocenters. The van der Waals surface area contributed by atoms with Gasteiger partial charge in [0, 0.05) is 29.9 Å². The average molecular weight is 502 g/mol. The van der Waals surface area contributed by atoms with Gasteiger partial charge in [0.1, 0.15) is 11.5 Å². The third-order valence-electron chi connectivity index (χ3n) is 4.50. The zero-order chi connectivity index (χ0) is 24.8. The fourth-order valence-corrected chi connectivity index (χ4v) is 3.78. The molecule has 13 heteroatoms. The van der Waals surface area contributed by atoms with E-state index in [-0.39, 0.29) is 17.2 Å². The van der Waals surface area contributed by atoms with Crippen LogP contribution in [0.5, 0.6) is 11.5 Å². The largest absolute Gasteiger partial charge is 0.573 e. The highest BCUT2D eigenvalue weighted by atomic mass is 32.2. The Bertz CT molecular complexity index is 1300. The van der Waals surface area contributed by atoms with Gasteiger partial charge >= 0.3 is 6.36 Å². The van der Waals surface area contributed by atoms with Crippen LogP contribution in [0, 0.1) is 0 Å². The van der Waals surface area contributed by atoms with E-state index in [1.54, 1.807) is 42.7 Å². The molecule has 35 heavy (non-hydrogen) atoms. The summed E-state index contributed by atoms with van der Waals surface area (Å²) in [4.78, 5) is 21.4. The molecule has 2 heterocycles. The van der Waals surface area contributed by atoms with Crippen LogP contribution >= 0.6 is 11.8 Å². The summed E-state index contributed by atoms with van der Waals surface area (Å²) in [5, 5.41) is 11.3. The smallest absolute Gasteiger partial charge is 0.497 e. The Morgan fingerprint density at radius 2 is 1.80 bits per heavy atom. The van der Waals surface area contributed by atoms with Gasteiger partial charge in [-0.3, -0.25) is 4.79 Å². The first-order valence-electron chi connectivity index (χ1n) is 9.98. The first-order valence-corrected chi connectivity index (χ1v) is 11.0. The Morgan fingerprint density at radius 3 is 2.49 bits per heavy atom. The number of ether oxygens (including phenoxy) is 2. The van der Waals surface area contributed by atoms with Crippen LogP contribution in [-0.4, -0.2) is 44.3 Å². The van der Waals surface area contributed by atoms with E-state index in [9.17, 15) is 18.0 Å². The third-order valence-corrected chi connectivity index (χ3v) is 5.39. The molecule has 0 spiro atoms. The summed E-state index contributed by atoms with van der Waals surface area (Å²) in [7, 11) is 1.51. The predicted octanol–water partition coefficient (Wildman–Crippen LogP) is 4.51. The first-order chi connectivity index (χ1) is 16.8. The minimum atomic E-state index is -4.81. The number of nitrogens with zero attached hydrogens (tertiary/aromatic N) is 5. The topological polar surface area (TPSA) is 104 Å². The average Bonchev–Trinajstić information content (AvgIpc) is 3.27. The molecular formula is C22H17F3N6O3S. The lowest BCUT2D eigenvalue weighted by atomic mass is 10.2. The number of amides is 1. The van der Waals surface area contributed by atoms with Crippen molar-refractivity contribution in [2.24, 2.45) is 0 Å². The normalized spacial score (nSPS) is 11.2. The minimum absolute atomic E-state index is 0.0341. The minimum Gasteiger partial charge on any atom is -0.497 e. The molecule has 1 N–H and O–H groups in total. The van der Waals surface area contributed by atoms with E-state index in [4.69, 9.17) is 4.74 Å². The van der Waals surface area contributed by atoms with E-state index in [1.165, 1.54) is 35.7 Å². The van der Waals surface area contributed by atoms with Crippen LogP contribution in [0.4, 0.5) is 18.9 Å². The van der Waals surface area contributed by atoms with Gasteiger partial charge in [-0.05, 0) is 42.5 Å². The zero-order valence-corrected chi connectivity index (χ0v) is 18.9. The number of carbonyl (C=O) groups is 1. The predicted molar refractivity (Wildman–Crippen MR) is 121 cm³/mol. The van der Waals surface area contributed by atoms with Crippen LogP contribution in [0.2, 0.25) is 0 Å². The van der Waals surface area contributed by atoms with Crippen LogP contribution in [0.15, 0.2) is 72.1 Å². The fourth-order valence-electron chi connectivity index (χ4n) is 2.99. The number of anilines is 1. The number of thioether (sulfide) groups is 1. The lowest BCUT2D eigenvalue weighted by Crippen LogP contribution is -2.17. The van der Waals surface area contributed by atoms with E-state index in [0.717, 1.165) is 12.1 Å². The van der Waals surface area contributed by atoms with Crippen molar-refractivity contribution >= 4 is 23.4 Å². The highest BCUT2D eigenvalue weighted by Crippen LogP contribution is 2.27. The Kier molecular flexibility index (Phi) is 7.15. The Labute approximate surface area is 201 Å². The van der Waals surface area contributed by atoms with E-state index < -0.39 is 12.3 Å². The number of carbonyl (C=O) groups excluding carboxylic acids is 1. The molecule has 4 rings (SSSR count). The third kappa shape index (κ3) is 6.26. The number of aromatic nitrogens is 5. The molecule has 0 aliphatic rings. The van der Waals surface area contributed by atoms with Crippen LogP contribution in [-0.2, 0) is 5.75 Å². The summed E-state index contributed by atoms with van der Waals surface area (Å²) in [5.74, 6) is -0.139. The highest BCUT2D eigenvalue weighted by Gasteiger charge is 2.31. The Balaban J connectivity index is 1.64. The molecular weight excluding hydrogens is 485 g/mol. The SMILES string of the molecule is COc1cccc(NC(=O)c2nnn(-c3ccc(OC(F)(F)F)cc3)c2CSc2ncccn2)c1. The molecule has 4 aromatic rings. The molecule has 0 aliphatic heterocycles. The fraction of sp³-hybridized carbons (Fsp3) is 0.136. The molecule has 0 aliphatic carbocycles. The molecule has 0 saturated heterocycles. The van der Waals surface area contributed by atoms with Gasteiger partial charge in [0.05, 0.1) is 18.5 Å². The van der Waals surface area contributed by atoms with E-state index in [2.05, 4.69) is 30.3 Å². The van der Waals surface area contributed by atoms with Crippen molar-refractivity contribution in [3.05, 3.63) is 78.4 Å². The van der Waals surface area contributed by atoms with E-state index >= 15 is 0 Å². The van der Waals surface area contributed by atoms with Gasteiger partial charge in [-0.1, -0.05) is 23.0 Å². The van der Waals surface area contributed by atoms with Gasteiger partial charge in [-0.15, -0.1) is 18.3 Å². The van der Waals surface area contributed by atoms with Crippen LogP contribution < -0.4 is 14.8 Å². The first kappa shape index (κ1) is 24.0. The number of methoxy groups -OCH3 is 1. The summed E-state index contributed by atoms with van der Waals surface area (Å²) < 4.78 is 47.9. The van der Waals surface area contributed by atoms with Gasteiger partial charge in [0.25, 0.3) is 5.91 Å². The number of alkyl halides is 3. The van der Waals surface area contributed by atoms with Crippen molar-refractivity contribution in [3.8, 4) is 17.2 Å². The molecule has 0 radical (unpaired) electrons. The Morgan fingerprint density at radius 1 is 1.06 bits per heavy atom. The summed E-state index contributed by atoms with van der Waals surface area (Å²) in [5.41, 5.74) is 1.30. The number of rotatable bonds is 8. The molecule has 0 fully saturated rings. The molecule has 0 atom stereocenters. The van der Waals surface area contributed by atoms with Crippen molar-refractivity contribution in [2.45, 2.75) is 17.3 Å². The monoisotopic (exact) mass is 502 g/mol. The Hall–Kier alpha value is -4.13. The maximum atomic E-state index is 13.0. The molecule has 0 saturated carbocycles. The van der Waals surface area contributed by atoms with E-state index in [1.807, 2.05) is 0 Å². The van der Waals surface area contributed by atoms with Crippen LogP contribution in [0.1, 0.15) is 16.2 Å². The van der Waals surface area contributed by atoms with E-state index in [0.29, 0.717) is 28.0 Å². The number of hydrogen-bond donors (Lipinski definition) is 1. The van der Waals surface area contributed by atoms with Crippen molar-refractivity contribution in [1.82, 2.24) is 25.0 Å². The quantitative estimate of drug-likeness (QED) is 0.277. The van der Waals surface area contributed by atoms with Gasteiger partial charge in [0.15, 0.2) is 10.9 Å². The molecule has 2 aromatic carbocycles. The summed E-state index contributed by atoms with van der Waals surface area (Å²) in [6.45, 7) is 0. The van der Waals surface area contributed by atoms with Crippen molar-refractivity contribution in [1.29, 1.82) is 0 Å². The number of benzene rings is 2.